The van der Waals surface area contributed by atoms with Crippen LogP contribution in [-0.2, 0) is 11.3 Å². The van der Waals surface area contributed by atoms with Gasteiger partial charge in [-0.2, -0.15) is 0 Å². The molecule has 0 radical (unpaired) electrons. The third-order valence-electron chi connectivity index (χ3n) is 3.96. The molecule has 1 aromatic carbocycles. The Labute approximate surface area is 148 Å². The van der Waals surface area contributed by atoms with Crippen molar-refractivity contribution < 1.29 is 14.3 Å². The van der Waals surface area contributed by atoms with Gasteiger partial charge in [0.2, 0.25) is 5.88 Å². The first-order chi connectivity index (χ1) is 12.1. The van der Waals surface area contributed by atoms with Gasteiger partial charge in [0, 0.05) is 37.5 Å². The van der Waals surface area contributed by atoms with Crippen LogP contribution in [0.4, 0.5) is 0 Å². The number of aromatic nitrogens is 1. The third kappa shape index (κ3) is 4.55. The fourth-order valence-electron chi connectivity index (χ4n) is 2.70. The summed E-state index contributed by atoms with van der Waals surface area (Å²) >= 11 is 0. The van der Waals surface area contributed by atoms with Crippen LogP contribution in [0.2, 0.25) is 0 Å². The third-order valence-corrected chi connectivity index (χ3v) is 3.96. The maximum atomic E-state index is 12.4. The number of pyridine rings is 1. The van der Waals surface area contributed by atoms with E-state index in [0.717, 1.165) is 17.9 Å². The largest absolute Gasteiger partial charge is 0.439 e. The Kier molecular flexibility index (Phi) is 5.63. The maximum absolute atomic E-state index is 12.4. The van der Waals surface area contributed by atoms with Gasteiger partial charge in [-0.25, -0.2) is 4.98 Å². The molecule has 25 heavy (non-hydrogen) atoms. The molecule has 0 unspecified atom stereocenters. The van der Waals surface area contributed by atoms with Gasteiger partial charge in [0.05, 0.1) is 18.8 Å². The molecule has 0 N–H and O–H groups in total. The predicted octanol–water partition coefficient (Wildman–Crippen LogP) is 2.41. The average molecular weight is 341 g/mol. The molecule has 6 heteroatoms. The Morgan fingerprint density at radius 2 is 1.96 bits per heavy atom. The van der Waals surface area contributed by atoms with Crippen molar-refractivity contribution >= 4 is 5.91 Å². The summed E-state index contributed by atoms with van der Waals surface area (Å²) in [4.78, 5) is 20.6. The number of morpholine rings is 1. The number of hydrogen-bond acceptors (Lipinski definition) is 5. The summed E-state index contributed by atoms with van der Waals surface area (Å²) in [6.45, 7) is 3.19. The minimum Gasteiger partial charge on any atom is -0.439 e. The van der Waals surface area contributed by atoms with Gasteiger partial charge < -0.3 is 19.3 Å². The first kappa shape index (κ1) is 17.4. The normalized spacial score (nSPS) is 14.6. The standard InChI is InChI=1S/C19H23N3O3/c1-21(2)14-16-5-3-4-6-17(16)25-18-8-7-15(13-20-18)19(23)22-9-11-24-12-10-22/h3-8,13H,9-12,14H2,1-2H3. The zero-order valence-electron chi connectivity index (χ0n) is 14.6. The molecule has 0 bridgehead atoms. The van der Waals surface area contributed by atoms with Crippen molar-refractivity contribution in [2.75, 3.05) is 40.4 Å². The van der Waals surface area contributed by atoms with E-state index < -0.39 is 0 Å². The van der Waals surface area contributed by atoms with Gasteiger partial charge in [-0.1, -0.05) is 18.2 Å². The van der Waals surface area contributed by atoms with E-state index in [1.165, 1.54) is 0 Å². The molecule has 1 fully saturated rings. The highest BCUT2D eigenvalue weighted by Gasteiger charge is 2.18. The van der Waals surface area contributed by atoms with E-state index in [1.807, 2.05) is 38.4 Å². The molecule has 0 spiro atoms. The van der Waals surface area contributed by atoms with Crippen molar-refractivity contribution in [3.05, 3.63) is 53.7 Å². The molecule has 6 nitrogen and oxygen atoms in total. The molecular weight excluding hydrogens is 318 g/mol. The van der Waals surface area contributed by atoms with E-state index in [-0.39, 0.29) is 5.91 Å². The molecule has 3 rings (SSSR count). The number of rotatable bonds is 5. The number of ether oxygens (including phenoxy) is 2. The van der Waals surface area contributed by atoms with Gasteiger partial charge in [-0.3, -0.25) is 4.79 Å². The second-order valence-electron chi connectivity index (χ2n) is 6.24. The molecule has 1 aliphatic heterocycles. The molecule has 132 valence electrons. The molecule has 0 atom stereocenters. The summed E-state index contributed by atoms with van der Waals surface area (Å²) in [7, 11) is 4.03. The Hall–Kier alpha value is -2.44. The molecule has 1 aromatic heterocycles. The smallest absolute Gasteiger partial charge is 0.255 e. The number of carbonyl (C=O) groups is 1. The minimum atomic E-state index is -0.0182. The molecular formula is C19H23N3O3. The summed E-state index contributed by atoms with van der Waals surface area (Å²) in [5.74, 6) is 1.23. The van der Waals surface area contributed by atoms with E-state index in [0.29, 0.717) is 37.7 Å². The number of amides is 1. The lowest BCUT2D eigenvalue weighted by atomic mass is 10.2. The van der Waals surface area contributed by atoms with Crippen molar-refractivity contribution in [2.24, 2.45) is 0 Å². The Morgan fingerprint density at radius 3 is 2.64 bits per heavy atom. The van der Waals surface area contributed by atoms with Gasteiger partial charge >= 0.3 is 0 Å². The first-order valence-electron chi connectivity index (χ1n) is 8.37. The van der Waals surface area contributed by atoms with Crippen LogP contribution in [0.15, 0.2) is 42.6 Å². The average Bonchev–Trinajstić information content (AvgIpc) is 2.64. The van der Waals surface area contributed by atoms with Crippen LogP contribution < -0.4 is 4.74 Å². The highest BCUT2D eigenvalue weighted by atomic mass is 16.5. The van der Waals surface area contributed by atoms with Gasteiger partial charge in [0.25, 0.3) is 5.91 Å². The molecule has 2 heterocycles. The lowest BCUT2D eigenvalue weighted by molar-refractivity contribution is 0.0302. The van der Waals surface area contributed by atoms with Crippen molar-refractivity contribution in [3.8, 4) is 11.6 Å². The molecule has 2 aromatic rings. The molecule has 1 saturated heterocycles. The number of carbonyl (C=O) groups excluding carboxylic acids is 1. The topological polar surface area (TPSA) is 54.9 Å². The highest BCUT2D eigenvalue weighted by molar-refractivity contribution is 5.94. The highest BCUT2D eigenvalue weighted by Crippen LogP contribution is 2.25. The fourth-order valence-corrected chi connectivity index (χ4v) is 2.70. The van der Waals surface area contributed by atoms with E-state index >= 15 is 0 Å². The van der Waals surface area contributed by atoms with Crippen LogP contribution in [-0.4, -0.2) is 61.1 Å². The lowest BCUT2D eigenvalue weighted by Crippen LogP contribution is -2.40. The van der Waals surface area contributed by atoms with Crippen molar-refractivity contribution in [1.82, 2.24) is 14.8 Å². The van der Waals surface area contributed by atoms with Crippen LogP contribution in [0.1, 0.15) is 15.9 Å². The predicted molar refractivity (Wildman–Crippen MR) is 94.9 cm³/mol. The number of para-hydroxylation sites is 1. The minimum absolute atomic E-state index is 0.0182. The van der Waals surface area contributed by atoms with Gasteiger partial charge in [0.1, 0.15) is 5.75 Å². The zero-order chi connectivity index (χ0) is 17.6. The van der Waals surface area contributed by atoms with Crippen LogP contribution in [0, 0.1) is 0 Å². The van der Waals surface area contributed by atoms with Crippen LogP contribution in [0.3, 0.4) is 0 Å². The quantitative estimate of drug-likeness (QED) is 0.836. The second kappa shape index (κ2) is 8.09. The number of nitrogens with zero attached hydrogens (tertiary/aromatic N) is 3. The van der Waals surface area contributed by atoms with Gasteiger partial charge in [-0.05, 0) is 26.2 Å². The summed E-state index contributed by atoms with van der Waals surface area (Å²) in [6, 6.07) is 11.4. The van der Waals surface area contributed by atoms with Crippen LogP contribution in [0.5, 0.6) is 11.6 Å². The monoisotopic (exact) mass is 341 g/mol. The molecule has 1 aliphatic rings. The van der Waals surface area contributed by atoms with E-state index in [9.17, 15) is 4.79 Å². The van der Waals surface area contributed by atoms with E-state index in [4.69, 9.17) is 9.47 Å². The molecule has 1 amide bonds. The van der Waals surface area contributed by atoms with Gasteiger partial charge in [-0.15, -0.1) is 0 Å². The maximum Gasteiger partial charge on any atom is 0.255 e. The van der Waals surface area contributed by atoms with E-state index in [1.54, 1.807) is 23.2 Å². The fraction of sp³-hybridized carbons (Fsp3) is 0.368. The summed E-state index contributed by atoms with van der Waals surface area (Å²) in [5, 5.41) is 0. The summed E-state index contributed by atoms with van der Waals surface area (Å²) < 4.78 is 11.2. The Balaban J connectivity index is 1.70. The Bertz CT molecular complexity index is 710. The van der Waals surface area contributed by atoms with Crippen molar-refractivity contribution in [2.45, 2.75) is 6.54 Å². The van der Waals surface area contributed by atoms with Crippen LogP contribution in [0.25, 0.3) is 0 Å². The van der Waals surface area contributed by atoms with Crippen LogP contribution >= 0.6 is 0 Å². The van der Waals surface area contributed by atoms with Gasteiger partial charge in [0.15, 0.2) is 0 Å². The van der Waals surface area contributed by atoms with E-state index in [2.05, 4.69) is 9.88 Å². The second-order valence-corrected chi connectivity index (χ2v) is 6.24. The molecule has 0 saturated carbocycles. The molecule has 0 aliphatic carbocycles. The lowest BCUT2D eigenvalue weighted by Gasteiger charge is -2.26. The number of hydrogen-bond donors (Lipinski definition) is 0. The number of benzene rings is 1. The Morgan fingerprint density at radius 1 is 1.20 bits per heavy atom. The summed E-state index contributed by atoms with van der Waals surface area (Å²) in [6.07, 6.45) is 1.57. The summed E-state index contributed by atoms with van der Waals surface area (Å²) in [5.41, 5.74) is 1.65. The van der Waals surface area contributed by atoms with Crippen molar-refractivity contribution in [1.29, 1.82) is 0 Å². The first-order valence-corrected chi connectivity index (χ1v) is 8.37. The van der Waals surface area contributed by atoms with Crippen molar-refractivity contribution in [3.63, 3.8) is 0 Å². The SMILES string of the molecule is CN(C)Cc1ccccc1Oc1ccc(C(=O)N2CCOCC2)cn1. The zero-order valence-corrected chi connectivity index (χ0v) is 14.6.